The second-order valence-electron chi connectivity index (χ2n) is 7.29. The lowest BCUT2D eigenvalue weighted by Crippen LogP contribution is -2.56. The van der Waals surface area contributed by atoms with E-state index in [-0.39, 0.29) is 22.4 Å². The molecule has 1 amide bonds. The number of hydrogen-bond acceptors (Lipinski definition) is 11. The summed E-state index contributed by atoms with van der Waals surface area (Å²) in [6.07, 6.45) is 1.12. The molecule has 3 aromatic rings. The van der Waals surface area contributed by atoms with Crippen molar-refractivity contribution in [3.05, 3.63) is 60.4 Å². The first-order valence-corrected chi connectivity index (χ1v) is 13.2. The lowest BCUT2D eigenvalue weighted by atomic mass is 9.96. The molecule has 14 nitrogen and oxygen atoms in total. The normalized spacial score (nSPS) is 19.5. The molecule has 0 bridgehead atoms. The number of halogens is 2. The van der Waals surface area contributed by atoms with Gasteiger partial charge in [0, 0.05) is 5.69 Å². The minimum Gasteiger partial charge on any atom is -0.328 e. The topological polar surface area (TPSA) is 213 Å². The second-order valence-corrected chi connectivity index (χ2v) is 11.5. The molecule has 190 valence electrons. The van der Waals surface area contributed by atoms with Gasteiger partial charge < -0.3 is 10.6 Å². The number of nitrogens with one attached hydrogen (secondary N) is 4. The van der Waals surface area contributed by atoms with Crippen LogP contribution in [0.5, 0.6) is 0 Å². The van der Waals surface area contributed by atoms with Gasteiger partial charge in [0.1, 0.15) is 6.33 Å². The van der Waals surface area contributed by atoms with Gasteiger partial charge in [-0.25, -0.2) is 15.4 Å². The molecule has 0 aliphatic carbocycles. The fourth-order valence-electron chi connectivity index (χ4n) is 3.21. The van der Waals surface area contributed by atoms with Crippen molar-refractivity contribution < 1.29 is 30.7 Å². The van der Waals surface area contributed by atoms with E-state index in [2.05, 4.69) is 36.4 Å². The van der Waals surface area contributed by atoms with Gasteiger partial charge in [-0.05, 0) is 42.0 Å². The van der Waals surface area contributed by atoms with Gasteiger partial charge in [0.25, 0.3) is 26.1 Å². The molecule has 1 atom stereocenters. The Hall–Kier alpha value is -3.12. The van der Waals surface area contributed by atoms with Crippen molar-refractivity contribution >= 4 is 66.9 Å². The Bertz CT molecular complexity index is 1540. The van der Waals surface area contributed by atoms with E-state index in [0.717, 1.165) is 18.5 Å². The van der Waals surface area contributed by atoms with Crippen molar-refractivity contribution in [1.29, 1.82) is 0 Å². The Morgan fingerprint density at radius 1 is 0.833 bits per heavy atom. The van der Waals surface area contributed by atoms with Crippen LogP contribution in [0.15, 0.2) is 64.6 Å². The third-order valence-corrected chi connectivity index (χ3v) is 7.63. The van der Waals surface area contributed by atoms with Crippen LogP contribution in [-0.4, -0.2) is 51.1 Å². The molecule has 1 saturated heterocycles. The highest BCUT2D eigenvalue weighted by Gasteiger charge is 2.61. The first-order valence-electron chi connectivity index (χ1n) is 9.58. The number of hydrogen-bond donors (Lipinski definition) is 6. The summed E-state index contributed by atoms with van der Waals surface area (Å²) in [5, 5.41) is 5.63. The highest BCUT2D eigenvalue weighted by Crippen LogP contribution is 2.44. The Kier molecular flexibility index (Phi) is 6.54. The van der Waals surface area contributed by atoms with Crippen LogP contribution in [0.2, 0.25) is 0 Å². The summed E-state index contributed by atoms with van der Waals surface area (Å²) in [7, 11) is -8.85. The summed E-state index contributed by atoms with van der Waals surface area (Å²) in [4.78, 5) is 23.8. The monoisotopic (exact) mass is 575 g/mol. The molecule has 0 spiro atoms. The van der Waals surface area contributed by atoms with E-state index >= 15 is 0 Å². The zero-order valence-corrected chi connectivity index (χ0v) is 20.7. The number of amides is 1. The smallest absolute Gasteiger partial charge is 0.294 e. The number of aromatic nitrogens is 3. The maximum absolute atomic E-state index is 12.4. The summed E-state index contributed by atoms with van der Waals surface area (Å²) in [6, 6.07) is 9.75. The van der Waals surface area contributed by atoms with Gasteiger partial charge in [-0.2, -0.15) is 21.8 Å². The van der Waals surface area contributed by atoms with Crippen molar-refractivity contribution in [2.75, 3.05) is 10.6 Å². The lowest BCUT2D eigenvalue weighted by molar-refractivity contribution is -0.120. The average molecular weight is 576 g/mol. The van der Waals surface area contributed by atoms with Crippen LogP contribution in [0.4, 0.5) is 17.6 Å². The number of anilines is 3. The van der Waals surface area contributed by atoms with Crippen LogP contribution in [0.25, 0.3) is 0 Å². The Balaban J connectivity index is 1.67. The van der Waals surface area contributed by atoms with E-state index in [4.69, 9.17) is 27.8 Å². The summed E-state index contributed by atoms with van der Waals surface area (Å²) in [5.74, 6) is -0.963. The molecule has 1 aliphatic heterocycles. The minimum absolute atomic E-state index is 0.00370. The number of nitrogens with zero attached hydrogens (tertiary/aromatic N) is 3. The standard InChI is InChI=1S/C18H15Cl2N7O7S2/c19-17(20)14(28)26-27-18(17,10-1-5-12(6-2-10)35(29,30)31)25-16-22-9-21-15(24-16)23-11-3-7-13(8-4-11)36(32,33)34/h1-9,27H,(H,26,28)(H,29,30,31)(H,32,33,34)(H2,21,22,23,24,25). The zero-order chi connectivity index (χ0) is 26.4. The molecule has 1 aromatic heterocycles. The summed E-state index contributed by atoms with van der Waals surface area (Å²) >= 11 is 12.8. The number of alkyl halides is 2. The van der Waals surface area contributed by atoms with Gasteiger partial charge in [0.15, 0.2) is 5.66 Å². The van der Waals surface area contributed by atoms with Crippen molar-refractivity contribution in [2.45, 2.75) is 19.8 Å². The molecule has 1 unspecified atom stereocenters. The molecule has 1 aliphatic rings. The maximum Gasteiger partial charge on any atom is 0.294 e. The highest BCUT2D eigenvalue weighted by molar-refractivity contribution is 7.86. The number of rotatable bonds is 7. The zero-order valence-electron chi connectivity index (χ0n) is 17.5. The Morgan fingerprint density at radius 3 is 1.86 bits per heavy atom. The number of benzene rings is 2. The predicted octanol–water partition coefficient (Wildman–Crippen LogP) is 1.18. The maximum atomic E-state index is 12.4. The Morgan fingerprint density at radius 2 is 1.36 bits per heavy atom. The minimum atomic E-state index is -4.49. The van der Waals surface area contributed by atoms with Crippen LogP contribution in [-0.2, 0) is 30.7 Å². The van der Waals surface area contributed by atoms with Crippen molar-refractivity contribution in [3.63, 3.8) is 0 Å². The molecule has 6 N–H and O–H groups in total. The molecule has 36 heavy (non-hydrogen) atoms. The summed E-state index contributed by atoms with van der Waals surface area (Å²) in [6.45, 7) is 0. The van der Waals surface area contributed by atoms with E-state index in [1.54, 1.807) is 0 Å². The van der Waals surface area contributed by atoms with E-state index < -0.39 is 41.0 Å². The van der Waals surface area contributed by atoms with Crippen molar-refractivity contribution in [1.82, 2.24) is 25.8 Å². The van der Waals surface area contributed by atoms with Crippen LogP contribution >= 0.6 is 23.2 Å². The van der Waals surface area contributed by atoms with Gasteiger partial charge in [-0.1, -0.05) is 35.3 Å². The van der Waals surface area contributed by atoms with Crippen LogP contribution in [0.3, 0.4) is 0 Å². The molecule has 2 heterocycles. The number of hydrazine groups is 1. The van der Waals surface area contributed by atoms with E-state index in [1.165, 1.54) is 36.4 Å². The molecule has 2 aromatic carbocycles. The first kappa shape index (κ1) is 26.0. The fourth-order valence-corrected chi connectivity index (χ4v) is 4.68. The molecule has 18 heteroatoms. The number of carbonyl (C=O) groups is 1. The summed E-state index contributed by atoms with van der Waals surface area (Å²) in [5.41, 5.74) is 3.66. The highest BCUT2D eigenvalue weighted by atomic mass is 35.5. The SMILES string of the molecule is O=C1NNC(Nc2ncnc(Nc3ccc(S(=O)(=O)O)cc3)n2)(c2ccc(S(=O)(=O)O)cc2)C1(Cl)Cl. The van der Waals surface area contributed by atoms with Crippen molar-refractivity contribution in [3.8, 4) is 0 Å². The van der Waals surface area contributed by atoms with E-state index in [0.29, 0.717) is 5.69 Å². The molecular formula is C18H15Cl2N7O7S2. The average Bonchev–Trinajstić information content (AvgIpc) is 3.03. The largest absolute Gasteiger partial charge is 0.328 e. The first-order chi connectivity index (χ1) is 16.7. The lowest BCUT2D eigenvalue weighted by Gasteiger charge is -2.36. The van der Waals surface area contributed by atoms with Crippen molar-refractivity contribution in [2.24, 2.45) is 0 Å². The molecule has 1 fully saturated rings. The molecule has 4 rings (SSSR count). The summed E-state index contributed by atoms with van der Waals surface area (Å²) < 4.78 is 61.3. The predicted molar refractivity (Wildman–Crippen MR) is 127 cm³/mol. The van der Waals surface area contributed by atoms with Gasteiger partial charge in [0.2, 0.25) is 16.2 Å². The molecular weight excluding hydrogens is 561 g/mol. The van der Waals surface area contributed by atoms with Gasteiger partial charge in [0.05, 0.1) is 9.79 Å². The van der Waals surface area contributed by atoms with E-state index in [9.17, 15) is 26.2 Å². The van der Waals surface area contributed by atoms with Crippen LogP contribution in [0, 0.1) is 0 Å². The van der Waals surface area contributed by atoms with Gasteiger partial charge in [-0.3, -0.25) is 19.3 Å². The van der Waals surface area contributed by atoms with Gasteiger partial charge in [-0.15, -0.1) is 0 Å². The number of carbonyl (C=O) groups excluding carboxylic acids is 1. The third-order valence-electron chi connectivity index (χ3n) is 4.98. The molecule has 0 radical (unpaired) electrons. The second kappa shape index (κ2) is 9.07. The van der Waals surface area contributed by atoms with Gasteiger partial charge >= 0.3 is 0 Å². The Labute approximate surface area is 213 Å². The van der Waals surface area contributed by atoms with Crippen LogP contribution in [0.1, 0.15) is 5.56 Å². The fraction of sp³-hybridized carbons (Fsp3) is 0.111. The van der Waals surface area contributed by atoms with E-state index in [1.807, 2.05) is 0 Å². The third kappa shape index (κ3) is 4.92. The van der Waals surface area contributed by atoms with Crippen LogP contribution < -0.4 is 21.5 Å². The molecule has 0 saturated carbocycles. The quantitative estimate of drug-likeness (QED) is 0.172.